The molecule has 1 saturated heterocycles. The van der Waals surface area contributed by atoms with Gasteiger partial charge >= 0.3 is 0 Å². The lowest BCUT2D eigenvalue weighted by molar-refractivity contribution is -0.131. The Kier molecular flexibility index (Phi) is 3.76. The van der Waals surface area contributed by atoms with Gasteiger partial charge in [-0.3, -0.25) is 4.79 Å². The molecule has 4 rings (SSSR count). The monoisotopic (exact) mass is 326 g/mol. The Morgan fingerprint density at radius 3 is 3.00 bits per heavy atom. The van der Waals surface area contributed by atoms with Gasteiger partial charge in [-0.1, -0.05) is 22.4 Å². The summed E-state index contributed by atoms with van der Waals surface area (Å²) in [6.07, 6.45) is 2.13. The van der Waals surface area contributed by atoms with Crippen molar-refractivity contribution in [2.45, 2.75) is 32.1 Å². The Morgan fingerprint density at radius 2 is 2.21 bits per heavy atom. The van der Waals surface area contributed by atoms with Crippen LogP contribution in [0.15, 0.2) is 33.3 Å². The maximum absolute atomic E-state index is 12.5. The maximum Gasteiger partial charge on any atom is 0.228 e. The number of carbonyl (C=O) groups excluding carboxylic acids is 1. The molecule has 0 aliphatic carbocycles. The van der Waals surface area contributed by atoms with E-state index in [-0.39, 0.29) is 18.2 Å². The van der Waals surface area contributed by atoms with Crippen LogP contribution in [-0.2, 0) is 11.2 Å². The second kappa shape index (κ2) is 6.07. The molecule has 1 fully saturated rings. The van der Waals surface area contributed by atoms with Gasteiger partial charge < -0.3 is 9.32 Å². The first kappa shape index (κ1) is 14.9. The van der Waals surface area contributed by atoms with E-state index in [9.17, 15) is 4.79 Å². The summed E-state index contributed by atoms with van der Waals surface area (Å²) in [5.41, 5.74) is 2.92. The minimum absolute atomic E-state index is 0.0367. The molecule has 0 bridgehead atoms. The minimum atomic E-state index is 0.0367. The maximum atomic E-state index is 12.5. The average Bonchev–Trinajstić information content (AvgIpc) is 3.21. The van der Waals surface area contributed by atoms with Gasteiger partial charge in [0.15, 0.2) is 11.5 Å². The SMILES string of the molecule is Cc1nonc1CC(=O)N1CCC[C@@H](c2nc3ccccc3o2)C1. The number of benzene rings is 1. The standard InChI is InChI=1S/C17H18N4O3/c1-11-14(20-24-19-11)9-16(22)21-8-4-5-12(10-21)17-18-13-6-2-3-7-15(13)23-17/h2-3,6-7,12H,4-5,8-10H2,1H3/t12-/m1/s1. The van der Waals surface area contributed by atoms with Crippen LogP contribution in [0.5, 0.6) is 0 Å². The molecule has 0 saturated carbocycles. The first-order valence-corrected chi connectivity index (χ1v) is 8.12. The van der Waals surface area contributed by atoms with E-state index in [4.69, 9.17) is 4.42 Å². The summed E-state index contributed by atoms with van der Waals surface area (Å²) in [6, 6.07) is 7.73. The fraction of sp³-hybridized carbons (Fsp3) is 0.412. The van der Waals surface area contributed by atoms with Gasteiger partial charge in [-0.2, -0.15) is 0 Å². The summed E-state index contributed by atoms with van der Waals surface area (Å²) in [4.78, 5) is 19.0. The minimum Gasteiger partial charge on any atom is -0.440 e. The molecule has 24 heavy (non-hydrogen) atoms. The van der Waals surface area contributed by atoms with Crippen LogP contribution in [0.25, 0.3) is 11.1 Å². The van der Waals surface area contributed by atoms with Gasteiger partial charge in [0.05, 0.1) is 12.3 Å². The second-order valence-electron chi connectivity index (χ2n) is 6.17. The molecule has 124 valence electrons. The van der Waals surface area contributed by atoms with Crippen LogP contribution in [0.3, 0.4) is 0 Å². The molecular formula is C17H18N4O3. The fourth-order valence-electron chi connectivity index (χ4n) is 3.13. The molecule has 7 heteroatoms. The number of nitrogens with zero attached hydrogens (tertiary/aromatic N) is 4. The van der Waals surface area contributed by atoms with Crippen molar-refractivity contribution in [3.63, 3.8) is 0 Å². The zero-order chi connectivity index (χ0) is 16.5. The van der Waals surface area contributed by atoms with E-state index >= 15 is 0 Å². The fourth-order valence-corrected chi connectivity index (χ4v) is 3.13. The van der Waals surface area contributed by atoms with Gasteiger partial charge in [0.1, 0.15) is 16.9 Å². The molecule has 0 radical (unpaired) electrons. The normalized spacial score (nSPS) is 18.2. The van der Waals surface area contributed by atoms with Crippen LogP contribution < -0.4 is 0 Å². The Morgan fingerprint density at radius 1 is 1.33 bits per heavy atom. The Hall–Kier alpha value is -2.70. The highest BCUT2D eigenvalue weighted by Crippen LogP contribution is 2.29. The van der Waals surface area contributed by atoms with E-state index in [1.54, 1.807) is 6.92 Å². The molecule has 7 nitrogen and oxygen atoms in total. The quantitative estimate of drug-likeness (QED) is 0.735. The third-order valence-corrected chi connectivity index (χ3v) is 4.50. The van der Waals surface area contributed by atoms with Gasteiger partial charge in [0, 0.05) is 13.1 Å². The molecule has 3 heterocycles. The van der Waals surface area contributed by atoms with E-state index in [1.165, 1.54) is 0 Å². The summed E-state index contributed by atoms with van der Waals surface area (Å²) < 4.78 is 10.5. The second-order valence-corrected chi connectivity index (χ2v) is 6.17. The Labute approximate surface area is 138 Å². The van der Waals surface area contributed by atoms with Crippen LogP contribution in [0.2, 0.25) is 0 Å². The molecule has 2 aromatic heterocycles. The summed E-state index contributed by atoms with van der Waals surface area (Å²) in [5.74, 6) is 0.884. The lowest BCUT2D eigenvalue weighted by atomic mass is 9.97. The highest BCUT2D eigenvalue weighted by Gasteiger charge is 2.28. The van der Waals surface area contributed by atoms with Gasteiger partial charge in [0.2, 0.25) is 5.91 Å². The van der Waals surface area contributed by atoms with Crippen LogP contribution >= 0.6 is 0 Å². The van der Waals surface area contributed by atoms with Gasteiger partial charge in [-0.25, -0.2) is 9.61 Å². The summed E-state index contributed by atoms with van der Waals surface area (Å²) >= 11 is 0. The highest BCUT2D eigenvalue weighted by atomic mass is 16.6. The predicted molar refractivity (Wildman–Crippen MR) is 85.3 cm³/mol. The van der Waals surface area contributed by atoms with E-state index in [0.717, 1.165) is 30.5 Å². The molecule has 0 unspecified atom stereocenters. The molecule has 1 aromatic carbocycles. The molecule has 1 atom stereocenters. The molecule has 3 aromatic rings. The number of piperidine rings is 1. The lowest BCUT2D eigenvalue weighted by Gasteiger charge is -2.31. The topological polar surface area (TPSA) is 85.3 Å². The van der Waals surface area contributed by atoms with Crippen molar-refractivity contribution in [3.05, 3.63) is 41.5 Å². The summed E-state index contributed by atoms with van der Waals surface area (Å²) in [6.45, 7) is 3.16. The molecule has 1 aliphatic rings. The number of hydrogen-bond acceptors (Lipinski definition) is 6. The van der Waals surface area contributed by atoms with Crippen molar-refractivity contribution in [2.75, 3.05) is 13.1 Å². The number of carbonyl (C=O) groups is 1. The number of aryl methyl sites for hydroxylation is 1. The zero-order valence-electron chi connectivity index (χ0n) is 13.4. The number of para-hydroxylation sites is 2. The van der Waals surface area contributed by atoms with Crippen molar-refractivity contribution >= 4 is 17.0 Å². The van der Waals surface area contributed by atoms with Crippen molar-refractivity contribution < 1.29 is 13.8 Å². The van der Waals surface area contributed by atoms with E-state index in [0.29, 0.717) is 23.8 Å². The van der Waals surface area contributed by atoms with Crippen molar-refractivity contribution in [3.8, 4) is 0 Å². The summed E-state index contributed by atoms with van der Waals surface area (Å²) in [5, 5.41) is 7.51. The highest BCUT2D eigenvalue weighted by molar-refractivity contribution is 5.78. The third-order valence-electron chi connectivity index (χ3n) is 4.50. The average molecular weight is 326 g/mol. The number of likely N-dealkylation sites (tertiary alicyclic amines) is 1. The summed E-state index contributed by atoms with van der Waals surface area (Å²) in [7, 11) is 0. The van der Waals surface area contributed by atoms with Gasteiger partial charge in [0.25, 0.3) is 0 Å². The number of amides is 1. The molecule has 1 aliphatic heterocycles. The van der Waals surface area contributed by atoms with E-state index in [2.05, 4.69) is 19.9 Å². The number of hydrogen-bond donors (Lipinski definition) is 0. The number of rotatable bonds is 3. The van der Waals surface area contributed by atoms with E-state index in [1.807, 2.05) is 29.2 Å². The van der Waals surface area contributed by atoms with E-state index < -0.39 is 0 Å². The van der Waals surface area contributed by atoms with Crippen LogP contribution in [0, 0.1) is 6.92 Å². The third kappa shape index (κ3) is 2.77. The van der Waals surface area contributed by atoms with Crippen LogP contribution in [0.4, 0.5) is 0 Å². The van der Waals surface area contributed by atoms with Crippen molar-refractivity contribution in [1.29, 1.82) is 0 Å². The first-order chi connectivity index (χ1) is 11.7. The first-order valence-electron chi connectivity index (χ1n) is 8.12. The van der Waals surface area contributed by atoms with Crippen LogP contribution in [-0.4, -0.2) is 39.2 Å². The largest absolute Gasteiger partial charge is 0.440 e. The number of aromatic nitrogens is 3. The van der Waals surface area contributed by atoms with Gasteiger partial charge in [-0.05, 0) is 31.9 Å². The van der Waals surface area contributed by atoms with Crippen LogP contribution in [0.1, 0.15) is 36.0 Å². The van der Waals surface area contributed by atoms with Crippen molar-refractivity contribution in [2.24, 2.45) is 0 Å². The number of fused-ring (bicyclic) bond motifs is 1. The Balaban J connectivity index is 1.49. The molecule has 0 N–H and O–H groups in total. The predicted octanol–water partition coefficient (Wildman–Crippen LogP) is 2.47. The number of oxazole rings is 1. The lowest BCUT2D eigenvalue weighted by Crippen LogP contribution is -2.40. The molecular weight excluding hydrogens is 308 g/mol. The van der Waals surface area contributed by atoms with Crippen molar-refractivity contribution in [1.82, 2.24) is 20.2 Å². The van der Waals surface area contributed by atoms with Gasteiger partial charge in [-0.15, -0.1) is 0 Å². The zero-order valence-corrected chi connectivity index (χ0v) is 13.4. The smallest absolute Gasteiger partial charge is 0.228 e. The Bertz CT molecular complexity index is 836. The molecule has 0 spiro atoms. The molecule has 1 amide bonds.